The topological polar surface area (TPSA) is 49.3 Å². The molecule has 2 N–H and O–H groups in total. The van der Waals surface area contributed by atoms with Crippen LogP contribution in [0.15, 0.2) is 23.3 Å². The molecule has 1 aromatic rings. The van der Waals surface area contributed by atoms with Crippen molar-refractivity contribution in [2.24, 2.45) is 4.99 Å². The van der Waals surface area contributed by atoms with Gasteiger partial charge in [-0.15, -0.1) is 24.0 Å². The molecule has 1 heterocycles. The molecule has 0 spiro atoms. The summed E-state index contributed by atoms with van der Waals surface area (Å²) in [5.41, 5.74) is 0.139. The molecule has 0 atom stereocenters. The molecule has 0 aliphatic carbocycles. The number of pyridine rings is 1. The summed E-state index contributed by atoms with van der Waals surface area (Å²) in [6.07, 6.45) is -3.76. The molecule has 21 heavy (non-hydrogen) atoms. The molecular weight excluding hydrogens is 403 g/mol. The first-order valence-corrected chi connectivity index (χ1v) is 6.10. The fourth-order valence-corrected chi connectivity index (χ4v) is 1.35. The Morgan fingerprint density at radius 3 is 2.62 bits per heavy atom. The normalized spacial score (nSPS) is 11.8. The molecule has 0 aromatic carbocycles. The highest BCUT2D eigenvalue weighted by molar-refractivity contribution is 14.0. The average molecular weight is 420 g/mol. The monoisotopic (exact) mass is 420 g/mol. The van der Waals surface area contributed by atoms with Crippen molar-refractivity contribution in [3.05, 3.63) is 29.8 Å². The van der Waals surface area contributed by atoms with Crippen LogP contribution in [0.3, 0.4) is 0 Å². The summed E-state index contributed by atoms with van der Waals surface area (Å²) in [6.45, 7) is 1.93. The van der Waals surface area contributed by atoms with Crippen molar-refractivity contribution in [3.8, 4) is 0 Å². The molecule has 1 rings (SSSR count). The SMILES string of the molecule is CCNC(=NCc1ncccc1F)NCCC(F)(F)F.I. The number of hydrogen-bond donors (Lipinski definition) is 2. The Kier molecular flexibility index (Phi) is 9.22. The Morgan fingerprint density at radius 2 is 2.05 bits per heavy atom. The standard InChI is InChI=1S/C12H16F4N4.HI/c1-2-17-11(19-7-5-12(14,15)16)20-8-10-9(13)4-3-6-18-10;/h3-4,6H,2,5,7-8H2,1H3,(H2,17,19,20);1H. The molecule has 120 valence electrons. The van der Waals surface area contributed by atoms with Crippen LogP contribution in [0.25, 0.3) is 0 Å². The summed E-state index contributed by atoms with van der Waals surface area (Å²) in [7, 11) is 0. The highest BCUT2D eigenvalue weighted by Gasteiger charge is 2.26. The Morgan fingerprint density at radius 1 is 1.33 bits per heavy atom. The van der Waals surface area contributed by atoms with E-state index in [0.29, 0.717) is 6.54 Å². The number of nitrogens with one attached hydrogen (secondary N) is 2. The van der Waals surface area contributed by atoms with E-state index in [1.165, 1.54) is 18.3 Å². The van der Waals surface area contributed by atoms with E-state index < -0.39 is 18.4 Å². The number of alkyl halides is 3. The minimum Gasteiger partial charge on any atom is -0.357 e. The predicted octanol–water partition coefficient (Wildman–Crippen LogP) is 2.85. The van der Waals surface area contributed by atoms with Gasteiger partial charge in [0.25, 0.3) is 0 Å². The summed E-state index contributed by atoms with van der Waals surface area (Å²) < 4.78 is 49.4. The first-order valence-electron chi connectivity index (χ1n) is 6.10. The molecule has 0 radical (unpaired) electrons. The summed E-state index contributed by atoms with van der Waals surface area (Å²) in [4.78, 5) is 7.80. The van der Waals surface area contributed by atoms with Crippen LogP contribution in [0.1, 0.15) is 19.0 Å². The van der Waals surface area contributed by atoms with Gasteiger partial charge >= 0.3 is 6.18 Å². The fraction of sp³-hybridized carbons (Fsp3) is 0.500. The first kappa shape index (κ1) is 19.9. The third-order valence-corrected chi connectivity index (χ3v) is 2.27. The van der Waals surface area contributed by atoms with Gasteiger partial charge in [0, 0.05) is 19.3 Å². The Labute approximate surface area is 137 Å². The number of aliphatic imine (C=N–C) groups is 1. The smallest absolute Gasteiger partial charge is 0.357 e. The van der Waals surface area contributed by atoms with Crippen molar-refractivity contribution < 1.29 is 17.6 Å². The Bertz CT molecular complexity index is 451. The lowest BCUT2D eigenvalue weighted by atomic mass is 10.3. The van der Waals surface area contributed by atoms with Crippen LogP contribution in [0.2, 0.25) is 0 Å². The molecule has 0 fully saturated rings. The largest absolute Gasteiger partial charge is 0.390 e. The van der Waals surface area contributed by atoms with E-state index in [1.54, 1.807) is 6.92 Å². The number of halogens is 5. The molecule has 0 saturated heterocycles. The quantitative estimate of drug-likeness (QED) is 0.334. The van der Waals surface area contributed by atoms with Gasteiger partial charge in [-0.3, -0.25) is 4.98 Å². The molecular formula is C12H17F4IN4. The van der Waals surface area contributed by atoms with Crippen molar-refractivity contribution in [2.75, 3.05) is 13.1 Å². The van der Waals surface area contributed by atoms with Crippen molar-refractivity contribution in [3.63, 3.8) is 0 Å². The number of aromatic nitrogens is 1. The van der Waals surface area contributed by atoms with Gasteiger partial charge in [0.1, 0.15) is 5.82 Å². The zero-order valence-electron chi connectivity index (χ0n) is 11.4. The summed E-state index contributed by atoms with van der Waals surface area (Å²) >= 11 is 0. The van der Waals surface area contributed by atoms with Crippen molar-refractivity contribution in [1.82, 2.24) is 15.6 Å². The van der Waals surface area contributed by atoms with Gasteiger partial charge < -0.3 is 10.6 Å². The molecule has 0 unspecified atom stereocenters. The molecule has 0 amide bonds. The zero-order valence-corrected chi connectivity index (χ0v) is 13.7. The number of hydrogen-bond acceptors (Lipinski definition) is 2. The highest BCUT2D eigenvalue weighted by atomic mass is 127. The minimum atomic E-state index is -4.22. The summed E-state index contributed by atoms with van der Waals surface area (Å²) in [6, 6.07) is 2.71. The minimum absolute atomic E-state index is 0. The maximum absolute atomic E-state index is 13.3. The number of nitrogens with zero attached hydrogens (tertiary/aromatic N) is 2. The maximum Gasteiger partial charge on any atom is 0.390 e. The van der Waals surface area contributed by atoms with Gasteiger partial charge in [0.05, 0.1) is 18.7 Å². The number of rotatable bonds is 5. The van der Waals surface area contributed by atoms with Gasteiger partial charge in [-0.2, -0.15) is 13.2 Å². The van der Waals surface area contributed by atoms with E-state index in [4.69, 9.17) is 0 Å². The second kappa shape index (κ2) is 9.74. The van der Waals surface area contributed by atoms with E-state index >= 15 is 0 Å². The van der Waals surface area contributed by atoms with E-state index in [1.807, 2.05) is 0 Å². The molecule has 1 aromatic heterocycles. The third-order valence-electron chi connectivity index (χ3n) is 2.27. The first-order chi connectivity index (χ1) is 9.42. The summed E-state index contributed by atoms with van der Waals surface area (Å²) in [5.74, 6) is -0.302. The second-order valence-electron chi connectivity index (χ2n) is 3.92. The van der Waals surface area contributed by atoms with Crippen LogP contribution in [0, 0.1) is 5.82 Å². The van der Waals surface area contributed by atoms with Crippen molar-refractivity contribution >= 4 is 29.9 Å². The second-order valence-corrected chi connectivity index (χ2v) is 3.92. The Balaban J connectivity index is 0.00000400. The highest BCUT2D eigenvalue weighted by Crippen LogP contribution is 2.18. The van der Waals surface area contributed by atoms with Gasteiger partial charge in [0.15, 0.2) is 5.96 Å². The summed E-state index contributed by atoms with van der Waals surface area (Å²) in [5, 5.41) is 5.32. The van der Waals surface area contributed by atoms with E-state index in [0.717, 1.165) is 0 Å². The average Bonchev–Trinajstić information content (AvgIpc) is 2.36. The lowest BCUT2D eigenvalue weighted by Gasteiger charge is -2.12. The van der Waals surface area contributed by atoms with E-state index in [9.17, 15) is 17.6 Å². The lowest BCUT2D eigenvalue weighted by Crippen LogP contribution is -2.38. The zero-order chi connectivity index (χ0) is 15.0. The molecule has 0 bridgehead atoms. The van der Waals surface area contributed by atoms with Gasteiger partial charge in [-0.25, -0.2) is 9.38 Å². The third kappa shape index (κ3) is 8.68. The van der Waals surface area contributed by atoms with Gasteiger partial charge in [-0.05, 0) is 19.1 Å². The predicted molar refractivity (Wildman–Crippen MR) is 83.1 cm³/mol. The van der Waals surface area contributed by atoms with Crippen LogP contribution in [-0.2, 0) is 6.54 Å². The molecule has 0 saturated carbocycles. The fourth-order valence-electron chi connectivity index (χ4n) is 1.35. The van der Waals surface area contributed by atoms with E-state index in [-0.39, 0.29) is 48.7 Å². The molecule has 0 aliphatic rings. The molecule has 9 heteroatoms. The van der Waals surface area contributed by atoms with Crippen molar-refractivity contribution in [1.29, 1.82) is 0 Å². The number of guanidine groups is 1. The van der Waals surface area contributed by atoms with Crippen LogP contribution in [-0.4, -0.2) is 30.2 Å². The van der Waals surface area contributed by atoms with Crippen LogP contribution < -0.4 is 10.6 Å². The van der Waals surface area contributed by atoms with E-state index in [2.05, 4.69) is 20.6 Å². The van der Waals surface area contributed by atoms with Gasteiger partial charge in [-0.1, -0.05) is 0 Å². The van der Waals surface area contributed by atoms with Crippen LogP contribution in [0.5, 0.6) is 0 Å². The molecule has 4 nitrogen and oxygen atoms in total. The van der Waals surface area contributed by atoms with Gasteiger partial charge in [0.2, 0.25) is 0 Å². The molecule has 0 aliphatic heterocycles. The lowest BCUT2D eigenvalue weighted by molar-refractivity contribution is -0.132. The van der Waals surface area contributed by atoms with Crippen LogP contribution >= 0.6 is 24.0 Å². The Hall–Kier alpha value is -1.13. The van der Waals surface area contributed by atoms with Crippen molar-refractivity contribution in [2.45, 2.75) is 26.1 Å². The van der Waals surface area contributed by atoms with Crippen LogP contribution in [0.4, 0.5) is 17.6 Å². The maximum atomic E-state index is 13.3.